The second-order valence-electron chi connectivity index (χ2n) is 2.95. The molecule has 0 unspecified atom stereocenters. The molecule has 2 heterocycles. The van der Waals surface area contributed by atoms with E-state index in [4.69, 9.17) is 4.42 Å². The summed E-state index contributed by atoms with van der Waals surface area (Å²) in [6.07, 6.45) is 3.31. The fourth-order valence-corrected chi connectivity index (χ4v) is 1.39. The fourth-order valence-electron chi connectivity index (χ4n) is 1.39. The zero-order chi connectivity index (χ0) is 8.23. The number of hydrogen-bond donors (Lipinski definition) is 1. The topological polar surface area (TPSA) is 41.3 Å². The van der Waals surface area contributed by atoms with Crippen molar-refractivity contribution < 1.29 is 4.42 Å². The molecule has 0 spiro atoms. The van der Waals surface area contributed by atoms with Gasteiger partial charge in [-0.05, 0) is 0 Å². The number of nitrogens with one attached hydrogen (secondary N) is 1. The summed E-state index contributed by atoms with van der Waals surface area (Å²) >= 11 is 0. The van der Waals surface area contributed by atoms with Gasteiger partial charge in [0.1, 0.15) is 6.26 Å². The summed E-state index contributed by atoms with van der Waals surface area (Å²) in [6.45, 7) is 5.15. The van der Waals surface area contributed by atoms with Gasteiger partial charge in [-0.15, -0.1) is 12.4 Å². The molecular formula is C8H14ClN3O. The van der Waals surface area contributed by atoms with Gasteiger partial charge in [0.2, 0.25) is 5.89 Å². The molecule has 1 fully saturated rings. The first kappa shape index (κ1) is 10.5. The number of oxazole rings is 1. The van der Waals surface area contributed by atoms with Crippen molar-refractivity contribution in [1.82, 2.24) is 15.2 Å². The summed E-state index contributed by atoms with van der Waals surface area (Å²) < 4.78 is 5.16. The molecule has 13 heavy (non-hydrogen) atoms. The first-order chi connectivity index (χ1) is 5.95. The Morgan fingerprint density at radius 3 is 2.85 bits per heavy atom. The van der Waals surface area contributed by atoms with Gasteiger partial charge in [-0.1, -0.05) is 0 Å². The molecule has 1 aliphatic rings. The molecule has 0 atom stereocenters. The van der Waals surface area contributed by atoms with Crippen molar-refractivity contribution in [1.29, 1.82) is 0 Å². The Morgan fingerprint density at radius 2 is 2.23 bits per heavy atom. The van der Waals surface area contributed by atoms with Gasteiger partial charge >= 0.3 is 0 Å². The predicted octanol–water partition coefficient (Wildman–Crippen LogP) is 0.502. The molecule has 1 aliphatic heterocycles. The number of hydrogen-bond acceptors (Lipinski definition) is 4. The zero-order valence-electron chi connectivity index (χ0n) is 7.40. The molecule has 1 N–H and O–H groups in total. The lowest BCUT2D eigenvalue weighted by Gasteiger charge is -2.25. The first-order valence-electron chi connectivity index (χ1n) is 4.26. The lowest BCUT2D eigenvalue weighted by atomic mass is 10.3. The van der Waals surface area contributed by atoms with Gasteiger partial charge in [-0.3, -0.25) is 4.90 Å². The summed E-state index contributed by atoms with van der Waals surface area (Å²) in [5.74, 6) is 0.817. The van der Waals surface area contributed by atoms with Crippen LogP contribution in [-0.4, -0.2) is 36.1 Å². The molecule has 0 aromatic carbocycles. The highest BCUT2D eigenvalue weighted by atomic mass is 35.5. The Bertz CT molecular complexity index is 221. The SMILES string of the molecule is Cl.c1coc(CN2CCNCC2)n1. The molecule has 0 aliphatic carbocycles. The Labute approximate surface area is 83.7 Å². The maximum Gasteiger partial charge on any atom is 0.208 e. The van der Waals surface area contributed by atoms with E-state index in [1.54, 1.807) is 12.5 Å². The van der Waals surface area contributed by atoms with Crippen LogP contribution < -0.4 is 5.32 Å². The summed E-state index contributed by atoms with van der Waals surface area (Å²) in [4.78, 5) is 6.42. The quantitative estimate of drug-likeness (QED) is 0.760. The summed E-state index contributed by atoms with van der Waals surface area (Å²) in [5.41, 5.74) is 0. The van der Waals surface area contributed by atoms with Crippen molar-refractivity contribution in [3.05, 3.63) is 18.4 Å². The van der Waals surface area contributed by atoms with Crippen molar-refractivity contribution in [3.8, 4) is 0 Å². The van der Waals surface area contributed by atoms with Crippen LogP contribution in [0.5, 0.6) is 0 Å². The molecule has 0 saturated carbocycles. The summed E-state index contributed by atoms with van der Waals surface area (Å²) in [6, 6.07) is 0. The smallest absolute Gasteiger partial charge is 0.208 e. The van der Waals surface area contributed by atoms with Crippen molar-refractivity contribution in [3.63, 3.8) is 0 Å². The normalized spacial score (nSPS) is 18.2. The van der Waals surface area contributed by atoms with Gasteiger partial charge in [-0.25, -0.2) is 4.98 Å². The minimum Gasteiger partial charge on any atom is -0.448 e. The lowest BCUT2D eigenvalue weighted by Crippen LogP contribution is -2.42. The third-order valence-corrected chi connectivity index (χ3v) is 2.05. The van der Waals surface area contributed by atoms with E-state index in [1.165, 1.54) is 0 Å². The fraction of sp³-hybridized carbons (Fsp3) is 0.625. The van der Waals surface area contributed by atoms with Crippen LogP contribution in [0.4, 0.5) is 0 Å². The molecule has 5 heteroatoms. The van der Waals surface area contributed by atoms with Gasteiger partial charge in [0.15, 0.2) is 0 Å². The van der Waals surface area contributed by atoms with Crippen LogP contribution in [-0.2, 0) is 6.54 Å². The second-order valence-corrected chi connectivity index (χ2v) is 2.95. The Kier molecular flexibility index (Phi) is 4.21. The number of piperazine rings is 1. The first-order valence-corrected chi connectivity index (χ1v) is 4.26. The predicted molar refractivity (Wildman–Crippen MR) is 51.9 cm³/mol. The Morgan fingerprint density at radius 1 is 1.46 bits per heavy atom. The average molecular weight is 204 g/mol. The lowest BCUT2D eigenvalue weighted by molar-refractivity contribution is 0.212. The molecule has 0 bridgehead atoms. The van der Waals surface area contributed by atoms with Gasteiger partial charge < -0.3 is 9.73 Å². The largest absolute Gasteiger partial charge is 0.448 e. The Hall–Kier alpha value is -0.580. The van der Waals surface area contributed by atoms with E-state index >= 15 is 0 Å². The summed E-state index contributed by atoms with van der Waals surface area (Å²) in [7, 11) is 0. The molecule has 0 amide bonds. The molecule has 2 rings (SSSR count). The van der Waals surface area contributed by atoms with E-state index in [2.05, 4.69) is 15.2 Å². The number of nitrogens with zero attached hydrogens (tertiary/aromatic N) is 2. The van der Waals surface area contributed by atoms with E-state index in [0.29, 0.717) is 0 Å². The van der Waals surface area contributed by atoms with E-state index in [-0.39, 0.29) is 12.4 Å². The monoisotopic (exact) mass is 203 g/mol. The minimum absolute atomic E-state index is 0. The molecule has 0 radical (unpaired) electrons. The van der Waals surface area contributed by atoms with E-state index in [0.717, 1.165) is 38.6 Å². The van der Waals surface area contributed by atoms with Crippen LogP contribution in [0.25, 0.3) is 0 Å². The van der Waals surface area contributed by atoms with Crippen LogP contribution >= 0.6 is 12.4 Å². The molecular weight excluding hydrogens is 190 g/mol. The number of halogens is 1. The van der Waals surface area contributed by atoms with Crippen molar-refractivity contribution in [2.75, 3.05) is 26.2 Å². The third kappa shape index (κ3) is 2.99. The van der Waals surface area contributed by atoms with Crippen LogP contribution in [0, 0.1) is 0 Å². The maximum absolute atomic E-state index is 5.16. The highest BCUT2D eigenvalue weighted by Crippen LogP contribution is 2.01. The van der Waals surface area contributed by atoms with E-state index < -0.39 is 0 Å². The van der Waals surface area contributed by atoms with Gasteiger partial charge in [-0.2, -0.15) is 0 Å². The van der Waals surface area contributed by atoms with Crippen LogP contribution in [0.3, 0.4) is 0 Å². The van der Waals surface area contributed by atoms with Gasteiger partial charge in [0, 0.05) is 26.2 Å². The molecule has 1 aromatic heterocycles. The van der Waals surface area contributed by atoms with Crippen LogP contribution in [0.1, 0.15) is 5.89 Å². The summed E-state index contributed by atoms with van der Waals surface area (Å²) in [5, 5.41) is 3.30. The highest BCUT2D eigenvalue weighted by Gasteiger charge is 2.11. The zero-order valence-corrected chi connectivity index (χ0v) is 8.22. The second kappa shape index (κ2) is 5.21. The molecule has 74 valence electrons. The highest BCUT2D eigenvalue weighted by molar-refractivity contribution is 5.85. The van der Waals surface area contributed by atoms with E-state index in [9.17, 15) is 0 Å². The van der Waals surface area contributed by atoms with Crippen molar-refractivity contribution in [2.45, 2.75) is 6.54 Å². The standard InChI is InChI=1S/C8H13N3O.ClH/c1-4-11(5-2-9-1)7-8-10-3-6-12-8;/h3,6,9H,1-2,4-5,7H2;1H. The third-order valence-electron chi connectivity index (χ3n) is 2.05. The molecule has 1 saturated heterocycles. The van der Waals surface area contributed by atoms with Gasteiger partial charge in [0.25, 0.3) is 0 Å². The van der Waals surface area contributed by atoms with Crippen LogP contribution in [0.15, 0.2) is 16.9 Å². The van der Waals surface area contributed by atoms with Crippen LogP contribution in [0.2, 0.25) is 0 Å². The minimum atomic E-state index is 0. The number of rotatable bonds is 2. The maximum atomic E-state index is 5.16. The van der Waals surface area contributed by atoms with E-state index in [1.807, 2.05) is 0 Å². The molecule has 1 aromatic rings. The molecule has 4 nitrogen and oxygen atoms in total. The Balaban J connectivity index is 0.000000845. The van der Waals surface area contributed by atoms with Crippen molar-refractivity contribution in [2.24, 2.45) is 0 Å². The average Bonchev–Trinajstić information content (AvgIpc) is 2.59. The van der Waals surface area contributed by atoms with Gasteiger partial charge in [0.05, 0.1) is 12.7 Å². The number of aromatic nitrogens is 1. The van der Waals surface area contributed by atoms with Crippen molar-refractivity contribution >= 4 is 12.4 Å².